The van der Waals surface area contributed by atoms with Gasteiger partial charge in [-0.15, -0.1) is 0 Å². The first-order valence-electron chi connectivity index (χ1n) is 9.58. The molecule has 0 radical (unpaired) electrons. The summed E-state index contributed by atoms with van der Waals surface area (Å²) in [6.45, 7) is -0.177. The maximum atomic E-state index is 14.0. The van der Waals surface area contributed by atoms with Gasteiger partial charge in [-0.3, -0.25) is 14.5 Å². The smallest absolute Gasteiger partial charge is 0.343 e. The number of ether oxygens (including phenoxy) is 1. The molecule has 9 heteroatoms. The van der Waals surface area contributed by atoms with Gasteiger partial charge in [-0.25, -0.2) is 9.18 Å². The summed E-state index contributed by atoms with van der Waals surface area (Å²) in [5.41, 5.74) is 0.914. The molecule has 2 amide bonds. The van der Waals surface area contributed by atoms with E-state index in [1.54, 1.807) is 42.5 Å². The summed E-state index contributed by atoms with van der Waals surface area (Å²) in [6.07, 6.45) is 1.47. The molecule has 0 saturated carbocycles. The fraction of sp³-hybridized carbons (Fsp3) is 0.0417. The fourth-order valence-electron chi connectivity index (χ4n) is 3.07. The third-order valence-corrected chi connectivity index (χ3v) is 6.32. The molecule has 0 atom stereocenters. The second-order valence-corrected chi connectivity index (χ2v) is 9.29. The summed E-state index contributed by atoms with van der Waals surface area (Å²) < 4.78 is 20.2. The molecule has 0 N–H and O–H groups in total. The first-order valence-corrected chi connectivity index (χ1v) is 11.6. The SMILES string of the molecule is O=C(Oc1ccc(Br)cc1/C=C1\SC(=O)N(Cc2ccccc2F)C1=O)c1cccc(Cl)c1. The Morgan fingerprint density at radius 1 is 1.09 bits per heavy atom. The average Bonchev–Trinajstić information content (AvgIpc) is 3.04. The number of esters is 1. The zero-order valence-electron chi connectivity index (χ0n) is 16.8. The molecular weight excluding hydrogens is 533 g/mol. The van der Waals surface area contributed by atoms with Crippen molar-refractivity contribution < 1.29 is 23.5 Å². The molecular formula is C24H14BrClFNO4S. The van der Waals surface area contributed by atoms with Crippen LogP contribution in [0.1, 0.15) is 21.5 Å². The molecule has 3 aromatic carbocycles. The Kier molecular flexibility index (Phi) is 6.97. The first-order chi connectivity index (χ1) is 15.8. The van der Waals surface area contributed by atoms with E-state index in [-0.39, 0.29) is 28.3 Å². The van der Waals surface area contributed by atoms with Gasteiger partial charge < -0.3 is 4.74 Å². The second kappa shape index (κ2) is 9.91. The molecule has 0 aliphatic carbocycles. The molecule has 4 rings (SSSR count). The van der Waals surface area contributed by atoms with Gasteiger partial charge in [-0.2, -0.15) is 0 Å². The van der Waals surface area contributed by atoms with Crippen molar-refractivity contribution in [1.29, 1.82) is 0 Å². The predicted octanol–water partition coefficient (Wildman–Crippen LogP) is 6.70. The number of imide groups is 1. The summed E-state index contributed by atoms with van der Waals surface area (Å²) in [5, 5.41) is -0.119. The second-order valence-electron chi connectivity index (χ2n) is 6.94. The lowest BCUT2D eigenvalue weighted by Crippen LogP contribution is -2.27. The van der Waals surface area contributed by atoms with Crippen molar-refractivity contribution >= 4 is 62.5 Å². The predicted molar refractivity (Wildman–Crippen MR) is 128 cm³/mol. The van der Waals surface area contributed by atoms with E-state index >= 15 is 0 Å². The van der Waals surface area contributed by atoms with Crippen molar-refractivity contribution in [3.05, 3.63) is 104 Å². The van der Waals surface area contributed by atoms with Crippen LogP contribution in [0.5, 0.6) is 5.75 Å². The van der Waals surface area contributed by atoms with Crippen LogP contribution in [-0.4, -0.2) is 22.0 Å². The molecule has 1 fully saturated rings. The number of thioether (sulfide) groups is 1. The van der Waals surface area contributed by atoms with Crippen molar-refractivity contribution in [3.63, 3.8) is 0 Å². The Morgan fingerprint density at radius 2 is 1.88 bits per heavy atom. The van der Waals surface area contributed by atoms with Gasteiger partial charge >= 0.3 is 5.97 Å². The van der Waals surface area contributed by atoms with Crippen LogP contribution in [0.25, 0.3) is 6.08 Å². The lowest BCUT2D eigenvalue weighted by atomic mass is 10.1. The molecule has 1 heterocycles. The largest absolute Gasteiger partial charge is 0.422 e. The van der Waals surface area contributed by atoms with Crippen LogP contribution in [-0.2, 0) is 11.3 Å². The molecule has 1 aliphatic rings. The zero-order valence-corrected chi connectivity index (χ0v) is 19.9. The van der Waals surface area contributed by atoms with Crippen LogP contribution in [0.4, 0.5) is 9.18 Å². The lowest BCUT2D eigenvalue weighted by molar-refractivity contribution is -0.123. The first kappa shape index (κ1) is 23.2. The number of rotatable bonds is 5. The van der Waals surface area contributed by atoms with Crippen molar-refractivity contribution in [3.8, 4) is 5.75 Å². The number of amides is 2. The number of carbonyl (C=O) groups is 3. The van der Waals surface area contributed by atoms with Crippen LogP contribution in [0.3, 0.4) is 0 Å². The van der Waals surface area contributed by atoms with Gasteiger partial charge in [0.1, 0.15) is 11.6 Å². The molecule has 33 heavy (non-hydrogen) atoms. The minimum atomic E-state index is -0.623. The maximum absolute atomic E-state index is 14.0. The normalized spacial score (nSPS) is 14.8. The van der Waals surface area contributed by atoms with Crippen molar-refractivity contribution in [2.75, 3.05) is 0 Å². The van der Waals surface area contributed by atoms with Gasteiger partial charge in [0.15, 0.2) is 0 Å². The highest BCUT2D eigenvalue weighted by Gasteiger charge is 2.35. The molecule has 0 unspecified atom stereocenters. The highest BCUT2D eigenvalue weighted by molar-refractivity contribution is 9.10. The molecule has 1 saturated heterocycles. The van der Waals surface area contributed by atoms with Crippen molar-refractivity contribution in [2.45, 2.75) is 6.54 Å². The van der Waals surface area contributed by atoms with Crippen LogP contribution < -0.4 is 4.74 Å². The van der Waals surface area contributed by atoms with Crippen LogP contribution in [0.2, 0.25) is 5.02 Å². The number of benzene rings is 3. The van der Waals surface area contributed by atoms with E-state index in [9.17, 15) is 18.8 Å². The number of halogens is 3. The Labute approximate surface area is 206 Å². The van der Waals surface area contributed by atoms with E-state index in [2.05, 4.69) is 15.9 Å². The van der Waals surface area contributed by atoms with Crippen LogP contribution >= 0.6 is 39.3 Å². The van der Waals surface area contributed by atoms with Gasteiger partial charge in [0, 0.05) is 20.6 Å². The van der Waals surface area contributed by atoms with Gasteiger partial charge in [-0.1, -0.05) is 51.8 Å². The van der Waals surface area contributed by atoms with E-state index < -0.39 is 22.9 Å². The summed E-state index contributed by atoms with van der Waals surface area (Å²) in [4.78, 5) is 39.0. The van der Waals surface area contributed by atoms with E-state index in [1.807, 2.05) is 0 Å². The van der Waals surface area contributed by atoms with Crippen LogP contribution in [0, 0.1) is 5.82 Å². The summed E-state index contributed by atoms with van der Waals surface area (Å²) >= 11 is 10.0. The van der Waals surface area contributed by atoms with E-state index in [0.29, 0.717) is 15.1 Å². The number of nitrogens with zero attached hydrogens (tertiary/aromatic N) is 1. The van der Waals surface area contributed by atoms with Crippen molar-refractivity contribution in [2.24, 2.45) is 0 Å². The van der Waals surface area contributed by atoms with E-state index in [1.165, 1.54) is 30.3 Å². The molecule has 166 valence electrons. The molecule has 0 spiro atoms. The topological polar surface area (TPSA) is 63.7 Å². The fourth-order valence-corrected chi connectivity index (χ4v) is 4.47. The Bertz CT molecular complexity index is 1310. The molecule has 0 aromatic heterocycles. The zero-order chi connectivity index (χ0) is 23.5. The number of carbonyl (C=O) groups excluding carboxylic acids is 3. The van der Waals surface area contributed by atoms with Crippen molar-refractivity contribution in [1.82, 2.24) is 4.90 Å². The Morgan fingerprint density at radius 3 is 2.64 bits per heavy atom. The molecule has 5 nitrogen and oxygen atoms in total. The average molecular weight is 547 g/mol. The maximum Gasteiger partial charge on any atom is 0.343 e. The highest BCUT2D eigenvalue weighted by atomic mass is 79.9. The molecule has 0 bridgehead atoms. The summed E-state index contributed by atoms with van der Waals surface area (Å²) in [6, 6.07) is 17.2. The third-order valence-electron chi connectivity index (χ3n) is 4.68. The number of hydrogen-bond donors (Lipinski definition) is 0. The third kappa shape index (κ3) is 5.35. The van der Waals surface area contributed by atoms with Crippen LogP contribution in [0.15, 0.2) is 76.1 Å². The monoisotopic (exact) mass is 545 g/mol. The minimum Gasteiger partial charge on any atom is -0.422 e. The minimum absolute atomic E-state index is 0.134. The Hall–Kier alpha value is -2.94. The van der Waals surface area contributed by atoms with E-state index in [0.717, 1.165) is 16.7 Å². The Balaban J connectivity index is 1.60. The van der Waals surface area contributed by atoms with Gasteiger partial charge in [0.2, 0.25) is 0 Å². The standard InChI is InChI=1S/C24H14BrClFNO4S/c25-17-8-9-20(32-23(30)14-5-3-6-18(26)11-14)16(10-17)12-21-22(29)28(24(31)33-21)13-15-4-1-2-7-19(15)27/h1-12H,13H2/b21-12-. The lowest BCUT2D eigenvalue weighted by Gasteiger charge is -2.13. The highest BCUT2D eigenvalue weighted by Crippen LogP contribution is 2.36. The summed E-state index contributed by atoms with van der Waals surface area (Å²) in [7, 11) is 0. The van der Waals surface area contributed by atoms with Gasteiger partial charge in [-0.05, 0) is 60.3 Å². The quantitative estimate of drug-likeness (QED) is 0.202. The molecule has 3 aromatic rings. The van der Waals surface area contributed by atoms with Gasteiger partial charge in [0.25, 0.3) is 11.1 Å². The number of hydrogen-bond acceptors (Lipinski definition) is 5. The van der Waals surface area contributed by atoms with Gasteiger partial charge in [0.05, 0.1) is 17.0 Å². The molecule has 1 aliphatic heterocycles. The van der Waals surface area contributed by atoms with E-state index in [4.69, 9.17) is 16.3 Å². The summed E-state index contributed by atoms with van der Waals surface area (Å²) in [5.74, 6) is -1.48.